The van der Waals surface area contributed by atoms with Crippen LogP contribution in [0, 0.1) is 10.1 Å². The molecular formula is C15H22N2O4. The van der Waals surface area contributed by atoms with Gasteiger partial charge in [-0.15, -0.1) is 0 Å². The minimum atomic E-state index is -0.721. The fraction of sp³-hybridized carbons (Fsp3) is 0.600. The second-order valence-electron chi connectivity index (χ2n) is 5.72. The molecule has 116 valence electrons. The third kappa shape index (κ3) is 4.00. The van der Waals surface area contributed by atoms with Gasteiger partial charge in [-0.05, 0) is 43.9 Å². The number of aryl methyl sites for hydroxylation is 2. The predicted octanol–water partition coefficient (Wildman–Crippen LogP) is 1.13. The summed E-state index contributed by atoms with van der Waals surface area (Å²) in [6, 6.07) is 5.43. The zero-order valence-corrected chi connectivity index (χ0v) is 12.2. The Labute approximate surface area is 124 Å². The van der Waals surface area contributed by atoms with Crippen LogP contribution in [0.2, 0.25) is 0 Å². The van der Waals surface area contributed by atoms with Crippen molar-refractivity contribution in [3.8, 4) is 0 Å². The summed E-state index contributed by atoms with van der Waals surface area (Å²) in [6.07, 6.45) is 2.84. The summed E-state index contributed by atoms with van der Waals surface area (Å²) in [7, 11) is 1.95. The van der Waals surface area contributed by atoms with Gasteiger partial charge in [-0.3, -0.25) is 10.1 Å². The van der Waals surface area contributed by atoms with E-state index in [-0.39, 0.29) is 17.2 Å². The van der Waals surface area contributed by atoms with Crippen LogP contribution in [0.15, 0.2) is 18.2 Å². The van der Waals surface area contributed by atoms with Crippen molar-refractivity contribution in [2.24, 2.45) is 0 Å². The number of nitrogens with zero attached hydrogens (tertiary/aromatic N) is 2. The van der Waals surface area contributed by atoms with Crippen molar-refractivity contribution in [1.82, 2.24) is 4.90 Å². The van der Waals surface area contributed by atoms with Crippen LogP contribution in [0.5, 0.6) is 0 Å². The van der Waals surface area contributed by atoms with Crippen LogP contribution in [0.1, 0.15) is 24.0 Å². The standard InChI is InChI=1S/C15H22N2O4/c1-16(9-15(19)10-18)13-5-2-11-3-7-14(17(20)21)8-12(11)4-6-13/h3,7-8,13,15,18-19H,2,4-6,9-10H2,1H3/t13?,15-/m0/s1. The van der Waals surface area contributed by atoms with Gasteiger partial charge in [-0.1, -0.05) is 6.07 Å². The van der Waals surface area contributed by atoms with E-state index in [1.165, 1.54) is 5.56 Å². The molecule has 1 aromatic carbocycles. The molecule has 0 radical (unpaired) electrons. The summed E-state index contributed by atoms with van der Waals surface area (Å²) in [5.74, 6) is 0. The number of likely N-dealkylation sites (N-methyl/N-ethyl adjacent to an activating group) is 1. The molecule has 1 unspecified atom stereocenters. The molecule has 0 heterocycles. The molecule has 6 nitrogen and oxygen atoms in total. The molecule has 6 heteroatoms. The Morgan fingerprint density at radius 1 is 1.38 bits per heavy atom. The minimum Gasteiger partial charge on any atom is -0.394 e. The fourth-order valence-corrected chi connectivity index (χ4v) is 2.97. The van der Waals surface area contributed by atoms with Gasteiger partial charge in [-0.25, -0.2) is 0 Å². The van der Waals surface area contributed by atoms with Crippen LogP contribution < -0.4 is 0 Å². The first-order chi connectivity index (χ1) is 10.0. The van der Waals surface area contributed by atoms with E-state index in [1.54, 1.807) is 12.1 Å². The lowest BCUT2D eigenvalue weighted by molar-refractivity contribution is -0.384. The van der Waals surface area contributed by atoms with E-state index in [0.717, 1.165) is 31.2 Å². The number of hydrogen-bond donors (Lipinski definition) is 2. The van der Waals surface area contributed by atoms with Crippen molar-refractivity contribution in [2.75, 3.05) is 20.2 Å². The molecule has 0 amide bonds. The van der Waals surface area contributed by atoms with Gasteiger partial charge in [0.2, 0.25) is 0 Å². The SMILES string of the molecule is CN(C[C@H](O)CO)C1CCc2ccc([N+](=O)[O-])cc2CC1. The summed E-state index contributed by atoms with van der Waals surface area (Å²) in [4.78, 5) is 12.6. The molecule has 1 aromatic rings. The Bertz CT molecular complexity index is 506. The Morgan fingerprint density at radius 3 is 2.67 bits per heavy atom. The fourth-order valence-electron chi connectivity index (χ4n) is 2.97. The Morgan fingerprint density at radius 2 is 2.05 bits per heavy atom. The number of nitro benzene ring substituents is 1. The number of nitro groups is 1. The number of aliphatic hydroxyl groups is 2. The number of benzene rings is 1. The van der Waals surface area contributed by atoms with E-state index in [0.29, 0.717) is 12.6 Å². The third-order valence-electron chi connectivity index (χ3n) is 4.23. The van der Waals surface area contributed by atoms with E-state index >= 15 is 0 Å². The molecule has 2 rings (SSSR count). The Kier molecular flexibility index (Phi) is 5.27. The maximum atomic E-state index is 10.8. The van der Waals surface area contributed by atoms with Gasteiger partial charge in [0.1, 0.15) is 0 Å². The van der Waals surface area contributed by atoms with E-state index in [2.05, 4.69) is 4.90 Å². The molecular weight excluding hydrogens is 272 g/mol. The zero-order valence-electron chi connectivity index (χ0n) is 12.2. The van der Waals surface area contributed by atoms with Crippen molar-refractivity contribution in [2.45, 2.75) is 37.8 Å². The third-order valence-corrected chi connectivity index (χ3v) is 4.23. The molecule has 0 spiro atoms. The van der Waals surface area contributed by atoms with Gasteiger partial charge in [0, 0.05) is 24.7 Å². The van der Waals surface area contributed by atoms with Gasteiger partial charge in [0.15, 0.2) is 0 Å². The highest BCUT2D eigenvalue weighted by Crippen LogP contribution is 2.26. The topological polar surface area (TPSA) is 86.8 Å². The Balaban J connectivity index is 2.04. The zero-order chi connectivity index (χ0) is 15.4. The van der Waals surface area contributed by atoms with Gasteiger partial charge in [0.05, 0.1) is 17.6 Å². The molecule has 0 saturated heterocycles. The van der Waals surface area contributed by atoms with E-state index in [1.807, 2.05) is 13.1 Å². The first kappa shape index (κ1) is 15.9. The summed E-state index contributed by atoms with van der Waals surface area (Å²) in [6.45, 7) is 0.209. The molecule has 0 saturated carbocycles. The molecule has 0 aromatic heterocycles. The number of hydrogen-bond acceptors (Lipinski definition) is 5. The molecule has 1 aliphatic carbocycles. The van der Waals surface area contributed by atoms with Crippen LogP contribution in [0.25, 0.3) is 0 Å². The highest BCUT2D eigenvalue weighted by molar-refractivity contribution is 5.40. The highest BCUT2D eigenvalue weighted by atomic mass is 16.6. The normalized spacial score (nSPS) is 19.9. The predicted molar refractivity (Wildman–Crippen MR) is 79.2 cm³/mol. The average molecular weight is 294 g/mol. The second-order valence-corrected chi connectivity index (χ2v) is 5.72. The van der Waals surface area contributed by atoms with E-state index < -0.39 is 6.10 Å². The smallest absolute Gasteiger partial charge is 0.269 e. The molecule has 21 heavy (non-hydrogen) atoms. The number of fused-ring (bicyclic) bond motifs is 1. The summed E-state index contributed by atoms with van der Waals surface area (Å²) < 4.78 is 0. The maximum Gasteiger partial charge on any atom is 0.269 e. The van der Waals surface area contributed by atoms with Crippen molar-refractivity contribution in [1.29, 1.82) is 0 Å². The lowest BCUT2D eigenvalue weighted by Crippen LogP contribution is -2.39. The van der Waals surface area contributed by atoms with Crippen LogP contribution in [-0.4, -0.2) is 52.4 Å². The first-order valence-electron chi connectivity index (χ1n) is 7.26. The van der Waals surface area contributed by atoms with Gasteiger partial charge in [0.25, 0.3) is 5.69 Å². The largest absolute Gasteiger partial charge is 0.394 e. The van der Waals surface area contributed by atoms with Crippen LogP contribution in [-0.2, 0) is 12.8 Å². The van der Waals surface area contributed by atoms with Gasteiger partial charge in [-0.2, -0.15) is 0 Å². The number of rotatable bonds is 5. The minimum absolute atomic E-state index is 0.149. The highest BCUT2D eigenvalue weighted by Gasteiger charge is 2.22. The molecule has 0 fully saturated rings. The van der Waals surface area contributed by atoms with Crippen molar-refractivity contribution in [3.05, 3.63) is 39.4 Å². The van der Waals surface area contributed by atoms with Crippen molar-refractivity contribution >= 4 is 5.69 Å². The quantitative estimate of drug-likeness (QED) is 0.483. The van der Waals surface area contributed by atoms with E-state index in [4.69, 9.17) is 5.11 Å². The van der Waals surface area contributed by atoms with Crippen LogP contribution in [0.3, 0.4) is 0 Å². The van der Waals surface area contributed by atoms with Crippen molar-refractivity contribution in [3.63, 3.8) is 0 Å². The molecule has 0 aliphatic heterocycles. The van der Waals surface area contributed by atoms with E-state index in [9.17, 15) is 15.2 Å². The summed E-state index contributed by atoms with van der Waals surface area (Å²) >= 11 is 0. The summed E-state index contributed by atoms with van der Waals surface area (Å²) in [5, 5.41) is 29.3. The maximum absolute atomic E-state index is 10.8. The van der Waals surface area contributed by atoms with Crippen LogP contribution >= 0.6 is 0 Å². The lowest BCUT2D eigenvalue weighted by atomic mass is 10.0. The van der Waals surface area contributed by atoms with Gasteiger partial charge >= 0.3 is 0 Å². The number of non-ortho nitro benzene ring substituents is 1. The molecule has 2 N–H and O–H groups in total. The second kappa shape index (κ2) is 6.98. The summed E-state index contributed by atoms with van der Waals surface area (Å²) in [5.41, 5.74) is 2.39. The molecule has 1 aliphatic rings. The Hall–Kier alpha value is -1.50. The lowest BCUT2D eigenvalue weighted by Gasteiger charge is -2.28. The van der Waals surface area contributed by atoms with Gasteiger partial charge < -0.3 is 15.1 Å². The van der Waals surface area contributed by atoms with Crippen molar-refractivity contribution < 1.29 is 15.1 Å². The first-order valence-corrected chi connectivity index (χ1v) is 7.26. The molecule has 2 atom stereocenters. The average Bonchev–Trinajstić information content (AvgIpc) is 2.68. The monoisotopic (exact) mass is 294 g/mol. The van der Waals surface area contributed by atoms with Crippen LogP contribution in [0.4, 0.5) is 5.69 Å². The molecule has 0 bridgehead atoms. The number of aliphatic hydroxyl groups excluding tert-OH is 2.